The first-order valence-electron chi connectivity index (χ1n) is 5.90. The maximum Gasteiger partial charge on any atom is 0.0191 e. The van der Waals surface area contributed by atoms with Gasteiger partial charge in [-0.05, 0) is 42.9 Å². The lowest BCUT2D eigenvalue weighted by Crippen LogP contribution is -2.40. The van der Waals surface area contributed by atoms with Crippen molar-refractivity contribution in [3.8, 4) is 0 Å². The summed E-state index contributed by atoms with van der Waals surface area (Å²) in [6.45, 7) is 7.69. The van der Waals surface area contributed by atoms with Crippen molar-refractivity contribution in [2.45, 2.75) is 52.5 Å². The van der Waals surface area contributed by atoms with Crippen molar-refractivity contribution in [3.63, 3.8) is 0 Å². The van der Waals surface area contributed by atoms with E-state index in [0.29, 0.717) is 17.9 Å². The molecule has 4 N–H and O–H groups in total. The summed E-state index contributed by atoms with van der Waals surface area (Å²) in [6.07, 6.45) is 5.23. The van der Waals surface area contributed by atoms with E-state index in [-0.39, 0.29) is 6.04 Å². The predicted octanol–water partition coefficient (Wildman–Crippen LogP) is 2.12. The molecule has 0 aliphatic heterocycles. The smallest absolute Gasteiger partial charge is 0.0191 e. The summed E-state index contributed by atoms with van der Waals surface area (Å²) in [5.74, 6) is 1.56. The number of hydrogen-bond donors (Lipinski definition) is 2. The van der Waals surface area contributed by atoms with Gasteiger partial charge in [-0.25, -0.2) is 0 Å². The molecule has 2 heteroatoms. The second-order valence-electron chi connectivity index (χ2n) is 5.88. The molecule has 14 heavy (non-hydrogen) atoms. The molecule has 1 aliphatic carbocycles. The van der Waals surface area contributed by atoms with Gasteiger partial charge in [-0.2, -0.15) is 0 Å². The van der Waals surface area contributed by atoms with Crippen LogP contribution in [-0.2, 0) is 0 Å². The van der Waals surface area contributed by atoms with E-state index in [0.717, 1.165) is 5.92 Å². The van der Waals surface area contributed by atoms with E-state index >= 15 is 0 Å². The Balaban J connectivity index is 2.39. The summed E-state index contributed by atoms with van der Waals surface area (Å²) < 4.78 is 0. The van der Waals surface area contributed by atoms with Crippen LogP contribution in [0.3, 0.4) is 0 Å². The predicted molar refractivity (Wildman–Crippen MR) is 61.9 cm³/mol. The van der Waals surface area contributed by atoms with Gasteiger partial charge in [0, 0.05) is 12.6 Å². The van der Waals surface area contributed by atoms with Crippen LogP contribution in [0.2, 0.25) is 0 Å². The molecule has 0 bridgehead atoms. The number of hydrogen-bond acceptors (Lipinski definition) is 2. The number of rotatable bonds is 2. The molecule has 1 unspecified atom stereocenters. The fourth-order valence-corrected chi connectivity index (χ4v) is 2.61. The molecule has 0 amide bonds. The zero-order valence-corrected chi connectivity index (χ0v) is 9.92. The van der Waals surface area contributed by atoms with Crippen LogP contribution in [0.4, 0.5) is 0 Å². The van der Waals surface area contributed by atoms with Gasteiger partial charge in [0.05, 0.1) is 0 Å². The van der Waals surface area contributed by atoms with Crippen LogP contribution in [-0.4, -0.2) is 12.6 Å². The highest BCUT2D eigenvalue weighted by molar-refractivity contribution is 4.84. The lowest BCUT2D eigenvalue weighted by molar-refractivity contribution is 0.140. The zero-order chi connectivity index (χ0) is 10.8. The molecule has 2 nitrogen and oxygen atoms in total. The lowest BCUT2D eigenvalue weighted by Gasteiger charge is -2.38. The van der Waals surface area contributed by atoms with Crippen LogP contribution in [0.5, 0.6) is 0 Å². The van der Waals surface area contributed by atoms with E-state index in [2.05, 4.69) is 20.8 Å². The average molecular weight is 198 g/mol. The minimum Gasteiger partial charge on any atom is -0.329 e. The molecule has 0 aromatic rings. The summed E-state index contributed by atoms with van der Waals surface area (Å²) >= 11 is 0. The molecule has 1 rings (SSSR count). The molecule has 0 saturated heterocycles. The highest BCUT2D eigenvalue weighted by atomic mass is 14.7. The van der Waals surface area contributed by atoms with E-state index in [1.807, 2.05) is 0 Å². The highest BCUT2D eigenvalue weighted by Gasteiger charge is 2.31. The first kappa shape index (κ1) is 12.0. The molecule has 1 atom stereocenters. The van der Waals surface area contributed by atoms with Crippen molar-refractivity contribution < 1.29 is 0 Å². The maximum absolute atomic E-state index is 5.98. The van der Waals surface area contributed by atoms with Crippen molar-refractivity contribution >= 4 is 0 Å². The quantitative estimate of drug-likeness (QED) is 0.714. The van der Waals surface area contributed by atoms with E-state index in [1.54, 1.807) is 0 Å². The molecular formula is C12H26N2. The summed E-state index contributed by atoms with van der Waals surface area (Å²) in [7, 11) is 0. The van der Waals surface area contributed by atoms with Crippen LogP contribution >= 0.6 is 0 Å². The Labute approximate surface area is 88.4 Å². The molecule has 1 aliphatic rings. The van der Waals surface area contributed by atoms with Gasteiger partial charge in [0.1, 0.15) is 0 Å². The first-order chi connectivity index (χ1) is 6.45. The molecule has 0 radical (unpaired) electrons. The number of nitrogens with two attached hydrogens (primary N) is 2. The van der Waals surface area contributed by atoms with E-state index in [9.17, 15) is 0 Å². The molecular weight excluding hydrogens is 172 g/mol. The Hall–Kier alpha value is -0.0800. The second-order valence-corrected chi connectivity index (χ2v) is 5.88. The second kappa shape index (κ2) is 4.63. The van der Waals surface area contributed by atoms with Gasteiger partial charge in [-0.3, -0.25) is 0 Å². The fraction of sp³-hybridized carbons (Fsp3) is 1.00. The normalized spacial score (nSPS) is 31.5. The minimum atomic E-state index is 0.232. The molecule has 0 heterocycles. The summed E-state index contributed by atoms with van der Waals surface area (Å²) in [5, 5.41) is 0. The first-order valence-corrected chi connectivity index (χ1v) is 5.90. The van der Waals surface area contributed by atoms with Crippen LogP contribution < -0.4 is 11.5 Å². The Bertz CT molecular complexity index is 164. The van der Waals surface area contributed by atoms with Crippen molar-refractivity contribution in [2.75, 3.05) is 6.54 Å². The Morgan fingerprint density at radius 2 is 1.64 bits per heavy atom. The molecule has 0 aromatic carbocycles. The lowest BCUT2D eigenvalue weighted by atomic mass is 9.68. The van der Waals surface area contributed by atoms with E-state index < -0.39 is 0 Å². The Kier molecular flexibility index (Phi) is 3.96. The van der Waals surface area contributed by atoms with Gasteiger partial charge >= 0.3 is 0 Å². The standard InChI is InChI=1S/C12H26N2/c1-12(2,3)10-6-4-9(5-7-10)11(14)8-13/h9-11H,4-8,13-14H2,1-3H3. The largest absolute Gasteiger partial charge is 0.329 e. The molecule has 84 valence electrons. The molecule has 0 spiro atoms. The summed E-state index contributed by atoms with van der Waals surface area (Å²) in [5.41, 5.74) is 12.0. The zero-order valence-electron chi connectivity index (χ0n) is 9.92. The van der Waals surface area contributed by atoms with Crippen LogP contribution in [0, 0.1) is 17.3 Å². The Morgan fingerprint density at radius 3 is 2.00 bits per heavy atom. The SMILES string of the molecule is CC(C)(C)C1CCC(C(N)CN)CC1. The highest BCUT2D eigenvalue weighted by Crippen LogP contribution is 2.40. The van der Waals surface area contributed by atoms with E-state index in [1.165, 1.54) is 25.7 Å². The molecule has 1 fully saturated rings. The third kappa shape index (κ3) is 2.96. The van der Waals surface area contributed by atoms with Gasteiger partial charge in [0.25, 0.3) is 0 Å². The van der Waals surface area contributed by atoms with Gasteiger partial charge in [0.2, 0.25) is 0 Å². The van der Waals surface area contributed by atoms with Gasteiger partial charge < -0.3 is 11.5 Å². The third-order valence-electron chi connectivity index (χ3n) is 3.87. The monoisotopic (exact) mass is 198 g/mol. The van der Waals surface area contributed by atoms with Crippen molar-refractivity contribution in [2.24, 2.45) is 28.7 Å². The maximum atomic E-state index is 5.98. The van der Waals surface area contributed by atoms with Gasteiger partial charge in [0.15, 0.2) is 0 Å². The van der Waals surface area contributed by atoms with Crippen molar-refractivity contribution in [1.82, 2.24) is 0 Å². The van der Waals surface area contributed by atoms with Crippen LogP contribution in [0.25, 0.3) is 0 Å². The minimum absolute atomic E-state index is 0.232. The average Bonchev–Trinajstić information content (AvgIpc) is 2.15. The van der Waals surface area contributed by atoms with Crippen molar-refractivity contribution in [3.05, 3.63) is 0 Å². The van der Waals surface area contributed by atoms with Crippen molar-refractivity contribution in [1.29, 1.82) is 0 Å². The topological polar surface area (TPSA) is 52.0 Å². The summed E-state index contributed by atoms with van der Waals surface area (Å²) in [6, 6.07) is 0.232. The van der Waals surface area contributed by atoms with Crippen LogP contribution in [0.15, 0.2) is 0 Å². The van der Waals surface area contributed by atoms with E-state index in [4.69, 9.17) is 11.5 Å². The summed E-state index contributed by atoms with van der Waals surface area (Å²) in [4.78, 5) is 0. The van der Waals surface area contributed by atoms with Gasteiger partial charge in [-0.15, -0.1) is 0 Å². The molecule has 1 saturated carbocycles. The Morgan fingerprint density at radius 1 is 1.14 bits per heavy atom. The molecule has 0 aromatic heterocycles. The van der Waals surface area contributed by atoms with Crippen LogP contribution in [0.1, 0.15) is 46.5 Å². The third-order valence-corrected chi connectivity index (χ3v) is 3.87. The fourth-order valence-electron chi connectivity index (χ4n) is 2.61. The van der Waals surface area contributed by atoms with Gasteiger partial charge in [-0.1, -0.05) is 20.8 Å².